The minimum absolute atomic E-state index is 0.0217. The lowest BCUT2D eigenvalue weighted by atomic mass is 9.99. The molecule has 3 rings (SSSR count). The summed E-state index contributed by atoms with van der Waals surface area (Å²) < 4.78 is 0. The third kappa shape index (κ3) is 3.48. The van der Waals surface area contributed by atoms with E-state index in [1.54, 1.807) is 24.3 Å². The lowest BCUT2D eigenvalue weighted by Gasteiger charge is -2.19. The van der Waals surface area contributed by atoms with E-state index in [9.17, 15) is 14.4 Å². The molecule has 1 aromatic heterocycles. The second kappa shape index (κ2) is 7.52. The van der Waals surface area contributed by atoms with Crippen molar-refractivity contribution in [2.75, 3.05) is 0 Å². The third-order valence-electron chi connectivity index (χ3n) is 4.28. The predicted molar refractivity (Wildman–Crippen MR) is 99.4 cm³/mol. The van der Waals surface area contributed by atoms with Crippen molar-refractivity contribution in [3.05, 3.63) is 40.3 Å². The van der Waals surface area contributed by atoms with Crippen molar-refractivity contribution in [2.24, 2.45) is 5.92 Å². The number of alkyl halides is 1. The van der Waals surface area contributed by atoms with Crippen LogP contribution in [0.1, 0.15) is 24.3 Å². The van der Waals surface area contributed by atoms with E-state index in [1.165, 1.54) is 0 Å². The number of rotatable bonds is 3. The maximum atomic E-state index is 12.4. The summed E-state index contributed by atoms with van der Waals surface area (Å²) >= 11 is 3.51. The molecule has 9 nitrogen and oxygen atoms in total. The molecule has 1 aromatic carbocycles. The van der Waals surface area contributed by atoms with Gasteiger partial charge in [-0.2, -0.15) is 5.10 Å². The van der Waals surface area contributed by atoms with Crippen LogP contribution in [0.4, 0.5) is 0 Å². The SMILES string of the molecule is CC(C)C1NNC(C(=O)NNC(=O)c2n[nH]c(=O)c3ccccc23)C1Br. The van der Waals surface area contributed by atoms with E-state index in [2.05, 4.69) is 47.8 Å². The Labute approximate surface area is 157 Å². The van der Waals surface area contributed by atoms with Gasteiger partial charge < -0.3 is 0 Å². The second-order valence-electron chi connectivity index (χ2n) is 6.37. The molecule has 0 spiro atoms. The molecule has 1 aliphatic rings. The van der Waals surface area contributed by atoms with Gasteiger partial charge in [0.2, 0.25) is 0 Å². The smallest absolute Gasteiger partial charge is 0.271 e. The van der Waals surface area contributed by atoms with Crippen LogP contribution in [0, 0.1) is 5.92 Å². The summed E-state index contributed by atoms with van der Waals surface area (Å²) in [6, 6.07) is 6.14. The first-order chi connectivity index (χ1) is 12.4. The van der Waals surface area contributed by atoms with Gasteiger partial charge in [-0.3, -0.25) is 30.7 Å². The van der Waals surface area contributed by atoms with Crippen LogP contribution < -0.4 is 27.3 Å². The van der Waals surface area contributed by atoms with Crippen molar-refractivity contribution in [3.8, 4) is 0 Å². The summed E-state index contributed by atoms with van der Waals surface area (Å²) in [5, 5.41) is 6.83. The van der Waals surface area contributed by atoms with Crippen LogP contribution in [0.15, 0.2) is 29.1 Å². The van der Waals surface area contributed by atoms with E-state index in [4.69, 9.17) is 0 Å². The quantitative estimate of drug-likeness (QED) is 0.348. The third-order valence-corrected chi connectivity index (χ3v) is 5.38. The zero-order chi connectivity index (χ0) is 18.8. The number of halogens is 1. The Bertz CT molecular complexity index is 899. The fourth-order valence-electron chi connectivity index (χ4n) is 2.84. The highest BCUT2D eigenvalue weighted by molar-refractivity contribution is 9.09. The predicted octanol–water partition coefficient (Wildman–Crippen LogP) is -0.0514. The number of nitrogens with one attached hydrogen (secondary N) is 5. The van der Waals surface area contributed by atoms with Crippen LogP contribution >= 0.6 is 15.9 Å². The fourth-order valence-corrected chi connectivity index (χ4v) is 3.96. The molecular formula is C16H19BrN6O3. The van der Waals surface area contributed by atoms with Gasteiger partial charge in [0.1, 0.15) is 6.04 Å². The molecule has 5 N–H and O–H groups in total. The lowest BCUT2D eigenvalue weighted by molar-refractivity contribution is -0.123. The van der Waals surface area contributed by atoms with E-state index in [-0.39, 0.29) is 22.1 Å². The Balaban J connectivity index is 1.69. The Morgan fingerprint density at radius 1 is 1.15 bits per heavy atom. The minimum Gasteiger partial charge on any atom is -0.271 e. The first-order valence-electron chi connectivity index (χ1n) is 8.13. The summed E-state index contributed by atoms with van der Waals surface area (Å²) in [4.78, 5) is 36.4. The van der Waals surface area contributed by atoms with Crippen LogP contribution in [0.2, 0.25) is 0 Å². The van der Waals surface area contributed by atoms with Crippen LogP contribution in [0.3, 0.4) is 0 Å². The molecule has 0 aliphatic carbocycles. The van der Waals surface area contributed by atoms with Gasteiger partial charge in [-0.1, -0.05) is 48.0 Å². The molecule has 26 heavy (non-hydrogen) atoms. The maximum absolute atomic E-state index is 12.4. The number of H-pyrrole nitrogens is 1. The average molecular weight is 423 g/mol. The summed E-state index contributed by atoms with van der Waals surface area (Å²) in [5.74, 6) is -0.705. The van der Waals surface area contributed by atoms with Crippen molar-refractivity contribution < 1.29 is 9.59 Å². The largest absolute Gasteiger partial charge is 0.290 e. The molecule has 138 valence electrons. The number of hydrazine groups is 2. The number of carbonyl (C=O) groups is 2. The number of aromatic nitrogens is 2. The zero-order valence-electron chi connectivity index (χ0n) is 14.2. The van der Waals surface area contributed by atoms with E-state index in [0.717, 1.165) is 0 Å². The van der Waals surface area contributed by atoms with Gasteiger partial charge in [-0.15, -0.1) is 0 Å². The Kier molecular flexibility index (Phi) is 5.35. The number of hydrogen-bond donors (Lipinski definition) is 5. The highest BCUT2D eigenvalue weighted by Crippen LogP contribution is 2.21. The molecule has 2 amide bonds. The molecule has 0 bridgehead atoms. The number of hydrogen-bond acceptors (Lipinski definition) is 6. The van der Waals surface area contributed by atoms with Gasteiger partial charge >= 0.3 is 0 Å². The summed E-state index contributed by atoms with van der Waals surface area (Å²) in [5.41, 5.74) is 10.3. The molecular weight excluding hydrogens is 404 g/mol. The molecule has 10 heteroatoms. The summed E-state index contributed by atoms with van der Waals surface area (Å²) in [6.45, 7) is 4.09. The highest BCUT2D eigenvalue weighted by atomic mass is 79.9. The number of nitrogens with zero attached hydrogens (tertiary/aromatic N) is 1. The number of amides is 2. The van der Waals surface area contributed by atoms with Crippen LogP contribution in [0.5, 0.6) is 0 Å². The molecule has 1 aliphatic heterocycles. The van der Waals surface area contributed by atoms with E-state index < -0.39 is 17.9 Å². The van der Waals surface area contributed by atoms with Crippen molar-refractivity contribution >= 4 is 38.5 Å². The number of fused-ring (bicyclic) bond motifs is 1. The summed E-state index contributed by atoms with van der Waals surface area (Å²) in [6.07, 6.45) is 0. The number of benzene rings is 1. The first-order valence-corrected chi connectivity index (χ1v) is 9.04. The Morgan fingerprint density at radius 3 is 2.50 bits per heavy atom. The van der Waals surface area contributed by atoms with Crippen LogP contribution in [-0.4, -0.2) is 38.9 Å². The lowest BCUT2D eigenvalue weighted by Crippen LogP contribution is -2.52. The Hall–Kier alpha value is -2.30. The molecule has 0 radical (unpaired) electrons. The molecule has 2 aromatic rings. The van der Waals surface area contributed by atoms with Crippen molar-refractivity contribution in [1.82, 2.24) is 31.9 Å². The average Bonchev–Trinajstić information content (AvgIpc) is 3.02. The monoisotopic (exact) mass is 422 g/mol. The van der Waals surface area contributed by atoms with Gasteiger partial charge in [0, 0.05) is 11.4 Å². The van der Waals surface area contributed by atoms with Gasteiger partial charge in [0.05, 0.1) is 10.2 Å². The molecule has 3 atom stereocenters. The van der Waals surface area contributed by atoms with E-state index in [1.807, 2.05) is 13.8 Å². The topological polar surface area (TPSA) is 128 Å². The van der Waals surface area contributed by atoms with Crippen LogP contribution in [-0.2, 0) is 4.79 Å². The number of aromatic amines is 1. The molecule has 3 unspecified atom stereocenters. The van der Waals surface area contributed by atoms with E-state index >= 15 is 0 Å². The normalized spacial score (nSPS) is 22.5. The summed E-state index contributed by atoms with van der Waals surface area (Å²) in [7, 11) is 0. The number of carbonyl (C=O) groups excluding carboxylic acids is 2. The van der Waals surface area contributed by atoms with Gasteiger partial charge in [-0.25, -0.2) is 10.5 Å². The van der Waals surface area contributed by atoms with Gasteiger partial charge in [0.15, 0.2) is 5.69 Å². The van der Waals surface area contributed by atoms with Crippen molar-refractivity contribution in [3.63, 3.8) is 0 Å². The first kappa shape index (κ1) is 18.5. The maximum Gasteiger partial charge on any atom is 0.290 e. The molecule has 0 saturated carbocycles. The standard InChI is InChI=1S/C16H19BrN6O3/c1-7(2)11-10(17)13(20-18-11)16(26)23-22-15(25)12-8-5-3-4-6-9(8)14(24)21-19-12/h3-7,10-11,13,18,20H,1-2H3,(H,21,24)(H,22,25)(H,23,26). The van der Waals surface area contributed by atoms with Gasteiger partial charge in [0.25, 0.3) is 17.4 Å². The molecule has 1 fully saturated rings. The van der Waals surface area contributed by atoms with Crippen molar-refractivity contribution in [1.29, 1.82) is 0 Å². The van der Waals surface area contributed by atoms with E-state index in [0.29, 0.717) is 16.7 Å². The Morgan fingerprint density at radius 2 is 1.85 bits per heavy atom. The fraction of sp³-hybridized carbons (Fsp3) is 0.375. The van der Waals surface area contributed by atoms with Gasteiger partial charge in [-0.05, 0) is 12.0 Å². The highest BCUT2D eigenvalue weighted by Gasteiger charge is 2.39. The second-order valence-corrected chi connectivity index (χ2v) is 7.43. The molecule has 1 saturated heterocycles. The van der Waals surface area contributed by atoms with Crippen molar-refractivity contribution in [2.45, 2.75) is 30.8 Å². The molecule has 2 heterocycles. The zero-order valence-corrected chi connectivity index (χ0v) is 15.8. The van der Waals surface area contributed by atoms with Crippen LogP contribution in [0.25, 0.3) is 10.8 Å². The minimum atomic E-state index is -0.622.